The third kappa shape index (κ3) is 4.55. The Bertz CT molecular complexity index is 427. The minimum atomic E-state index is -4.35. The molecular weight excluding hydrogens is 257 g/mol. The van der Waals surface area contributed by atoms with E-state index in [-0.39, 0.29) is 18.4 Å². The molecular formula is C13H17F3N2O. The Morgan fingerprint density at radius 3 is 2.21 bits per heavy atom. The molecule has 3 N–H and O–H groups in total. The summed E-state index contributed by atoms with van der Waals surface area (Å²) < 4.78 is 37.0. The van der Waals surface area contributed by atoms with Crippen molar-refractivity contribution in [3.05, 3.63) is 35.4 Å². The fourth-order valence-electron chi connectivity index (χ4n) is 1.42. The summed E-state index contributed by atoms with van der Waals surface area (Å²) in [7, 11) is 0. The van der Waals surface area contributed by atoms with Crippen molar-refractivity contribution in [3.8, 4) is 0 Å². The molecule has 3 nitrogen and oxygen atoms in total. The van der Waals surface area contributed by atoms with E-state index in [2.05, 4.69) is 5.32 Å². The minimum Gasteiger partial charge on any atom is -0.351 e. The van der Waals surface area contributed by atoms with Gasteiger partial charge in [-0.25, -0.2) is 0 Å². The van der Waals surface area contributed by atoms with Crippen LogP contribution in [0, 0.1) is 5.92 Å². The van der Waals surface area contributed by atoms with Crippen LogP contribution in [-0.2, 0) is 17.5 Å². The van der Waals surface area contributed by atoms with Gasteiger partial charge in [-0.3, -0.25) is 4.79 Å². The van der Waals surface area contributed by atoms with Crippen molar-refractivity contribution in [1.82, 2.24) is 5.32 Å². The second kappa shape index (κ2) is 6.06. The summed E-state index contributed by atoms with van der Waals surface area (Å²) in [6.07, 6.45) is -4.35. The average Bonchev–Trinajstić information content (AvgIpc) is 2.34. The second-order valence-electron chi connectivity index (χ2n) is 4.68. The van der Waals surface area contributed by atoms with Crippen LogP contribution >= 0.6 is 0 Å². The van der Waals surface area contributed by atoms with Crippen LogP contribution in [0.15, 0.2) is 24.3 Å². The summed E-state index contributed by atoms with van der Waals surface area (Å²) in [5.41, 5.74) is 5.53. The molecule has 0 unspecified atom stereocenters. The first-order valence-corrected chi connectivity index (χ1v) is 5.91. The summed E-state index contributed by atoms with van der Waals surface area (Å²) in [4.78, 5) is 11.6. The molecule has 1 amide bonds. The smallest absolute Gasteiger partial charge is 0.351 e. The van der Waals surface area contributed by atoms with Gasteiger partial charge < -0.3 is 11.1 Å². The Labute approximate surface area is 110 Å². The Balaban J connectivity index is 2.58. The number of carbonyl (C=O) groups excluding carboxylic acids is 1. The summed E-state index contributed by atoms with van der Waals surface area (Å²) >= 11 is 0. The molecule has 0 aromatic heterocycles. The van der Waals surface area contributed by atoms with Crippen LogP contribution in [-0.4, -0.2) is 11.9 Å². The van der Waals surface area contributed by atoms with Crippen molar-refractivity contribution in [3.63, 3.8) is 0 Å². The molecule has 0 heterocycles. The quantitative estimate of drug-likeness (QED) is 0.885. The van der Waals surface area contributed by atoms with Gasteiger partial charge in [0.1, 0.15) is 0 Å². The summed E-state index contributed by atoms with van der Waals surface area (Å²) in [5.74, 6) is -0.303. The van der Waals surface area contributed by atoms with Crippen LogP contribution in [0.3, 0.4) is 0 Å². The van der Waals surface area contributed by atoms with Crippen molar-refractivity contribution in [2.24, 2.45) is 11.7 Å². The highest BCUT2D eigenvalue weighted by Gasteiger charge is 2.29. The number of alkyl halides is 3. The van der Waals surface area contributed by atoms with E-state index >= 15 is 0 Å². The van der Waals surface area contributed by atoms with Crippen LogP contribution in [0.4, 0.5) is 13.2 Å². The molecule has 19 heavy (non-hydrogen) atoms. The first-order valence-electron chi connectivity index (χ1n) is 5.91. The third-order valence-corrected chi connectivity index (χ3v) is 2.77. The van der Waals surface area contributed by atoms with E-state index in [1.165, 1.54) is 12.1 Å². The van der Waals surface area contributed by atoms with Gasteiger partial charge in [0.25, 0.3) is 0 Å². The van der Waals surface area contributed by atoms with E-state index in [1.807, 2.05) is 13.8 Å². The lowest BCUT2D eigenvalue weighted by molar-refractivity contribution is -0.137. The number of nitrogens with one attached hydrogen (secondary N) is 1. The average molecular weight is 274 g/mol. The van der Waals surface area contributed by atoms with E-state index < -0.39 is 17.8 Å². The number of halogens is 3. The molecule has 1 aromatic rings. The molecule has 0 aliphatic rings. The molecule has 0 aliphatic carbocycles. The van der Waals surface area contributed by atoms with Crippen LogP contribution < -0.4 is 11.1 Å². The molecule has 0 saturated heterocycles. The van der Waals surface area contributed by atoms with Crippen molar-refractivity contribution < 1.29 is 18.0 Å². The summed E-state index contributed by atoms with van der Waals surface area (Å²) in [6.45, 7) is 3.81. The number of rotatable bonds is 4. The van der Waals surface area contributed by atoms with E-state index in [1.54, 1.807) is 0 Å². The van der Waals surface area contributed by atoms with Crippen molar-refractivity contribution >= 4 is 5.91 Å². The Kier molecular flexibility index (Phi) is 4.94. The molecule has 0 fully saturated rings. The molecule has 0 aliphatic heterocycles. The third-order valence-electron chi connectivity index (χ3n) is 2.77. The maximum absolute atomic E-state index is 12.3. The molecule has 0 saturated carbocycles. The molecule has 0 radical (unpaired) electrons. The molecule has 1 rings (SSSR count). The summed E-state index contributed by atoms with van der Waals surface area (Å²) in [5, 5.41) is 2.59. The fourth-order valence-corrected chi connectivity index (χ4v) is 1.42. The van der Waals surface area contributed by atoms with E-state index in [0.717, 1.165) is 12.1 Å². The maximum atomic E-state index is 12.3. The lowest BCUT2D eigenvalue weighted by Crippen LogP contribution is -2.43. The van der Waals surface area contributed by atoms with Crippen molar-refractivity contribution in [1.29, 1.82) is 0 Å². The SMILES string of the molecule is CC(C)[C@@H](N)C(=O)NCc1ccc(C(F)(F)F)cc1. The summed E-state index contributed by atoms with van der Waals surface area (Å²) in [6, 6.07) is 4.04. The largest absolute Gasteiger partial charge is 0.416 e. The normalized spacial score (nSPS) is 13.4. The Hall–Kier alpha value is -1.56. The zero-order valence-corrected chi connectivity index (χ0v) is 10.8. The van der Waals surface area contributed by atoms with Crippen LogP contribution in [0.25, 0.3) is 0 Å². The molecule has 0 spiro atoms. The maximum Gasteiger partial charge on any atom is 0.416 e. The second-order valence-corrected chi connectivity index (χ2v) is 4.68. The number of amides is 1. The van der Waals surface area contributed by atoms with Gasteiger partial charge in [0.2, 0.25) is 5.91 Å². The lowest BCUT2D eigenvalue weighted by Gasteiger charge is -2.15. The van der Waals surface area contributed by atoms with Gasteiger partial charge in [-0.2, -0.15) is 13.2 Å². The van der Waals surface area contributed by atoms with Gasteiger partial charge >= 0.3 is 6.18 Å². The number of carbonyl (C=O) groups is 1. The van der Waals surface area contributed by atoms with E-state index in [9.17, 15) is 18.0 Å². The topological polar surface area (TPSA) is 55.1 Å². The molecule has 106 valence electrons. The molecule has 1 atom stereocenters. The number of hydrogen-bond donors (Lipinski definition) is 2. The van der Waals surface area contributed by atoms with Gasteiger partial charge in [-0.05, 0) is 23.6 Å². The number of nitrogens with two attached hydrogens (primary N) is 1. The van der Waals surface area contributed by atoms with Gasteiger partial charge in [0.15, 0.2) is 0 Å². The number of benzene rings is 1. The van der Waals surface area contributed by atoms with Crippen LogP contribution in [0.5, 0.6) is 0 Å². The Morgan fingerprint density at radius 2 is 1.79 bits per heavy atom. The van der Waals surface area contributed by atoms with Gasteiger partial charge in [0.05, 0.1) is 11.6 Å². The van der Waals surface area contributed by atoms with Gasteiger partial charge in [-0.15, -0.1) is 0 Å². The highest BCUT2D eigenvalue weighted by atomic mass is 19.4. The highest BCUT2D eigenvalue weighted by Crippen LogP contribution is 2.28. The molecule has 0 bridgehead atoms. The van der Waals surface area contributed by atoms with Crippen LogP contribution in [0.2, 0.25) is 0 Å². The zero-order chi connectivity index (χ0) is 14.6. The van der Waals surface area contributed by atoms with E-state index in [0.29, 0.717) is 5.56 Å². The van der Waals surface area contributed by atoms with E-state index in [4.69, 9.17) is 5.73 Å². The van der Waals surface area contributed by atoms with Gasteiger partial charge in [-0.1, -0.05) is 26.0 Å². The predicted molar refractivity (Wildman–Crippen MR) is 66.1 cm³/mol. The zero-order valence-electron chi connectivity index (χ0n) is 10.8. The highest BCUT2D eigenvalue weighted by molar-refractivity contribution is 5.81. The minimum absolute atomic E-state index is 0.00704. The van der Waals surface area contributed by atoms with Gasteiger partial charge in [0, 0.05) is 6.54 Å². The lowest BCUT2D eigenvalue weighted by atomic mass is 10.0. The first kappa shape index (κ1) is 15.5. The first-order chi connectivity index (χ1) is 8.71. The Morgan fingerprint density at radius 1 is 1.26 bits per heavy atom. The van der Waals surface area contributed by atoms with Crippen molar-refractivity contribution in [2.45, 2.75) is 32.6 Å². The monoisotopic (exact) mass is 274 g/mol. The fraction of sp³-hybridized carbons (Fsp3) is 0.462. The standard InChI is InChI=1S/C13H17F3N2O/c1-8(2)11(17)12(19)18-7-9-3-5-10(6-4-9)13(14,15)16/h3-6,8,11H,7,17H2,1-2H3,(H,18,19)/t11-/m1/s1. The van der Waals surface area contributed by atoms with Crippen LogP contribution in [0.1, 0.15) is 25.0 Å². The number of hydrogen-bond acceptors (Lipinski definition) is 2. The van der Waals surface area contributed by atoms with Crippen molar-refractivity contribution in [2.75, 3.05) is 0 Å². The molecule has 6 heteroatoms. The molecule has 1 aromatic carbocycles. The predicted octanol–water partition coefficient (Wildman–Crippen LogP) is 2.30.